The molecule has 0 aromatic heterocycles. The quantitative estimate of drug-likeness (QED) is 0.0264. The molecule has 73 heavy (non-hydrogen) atoms. The fourth-order valence-corrected chi connectivity index (χ4v) is 8.33. The monoisotopic (exact) mass is 1040 g/mol. The van der Waals surface area contributed by atoms with Gasteiger partial charge in [-0.25, -0.2) is 4.57 Å². The van der Waals surface area contributed by atoms with Gasteiger partial charge in [0.1, 0.15) is 6.61 Å². The molecule has 0 heterocycles. The van der Waals surface area contributed by atoms with Crippen molar-refractivity contribution in [3.8, 4) is 0 Å². The third-order valence-corrected chi connectivity index (χ3v) is 12.8. The topological polar surface area (TPSA) is 134 Å². The van der Waals surface area contributed by atoms with Crippen LogP contribution in [0.15, 0.2) is 122 Å². The number of rotatable bonds is 53. The minimum atomic E-state index is -4.40. The summed E-state index contributed by atoms with van der Waals surface area (Å²) in [5.74, 6) is -0.851. The van der Waals surface area contributed by atoms with E-state index in [0.29, 0.717) is 12.8 Å². The molecule has 0 aliphatic rings. The first-order valence-electron chi connectivity index (χ1n) is 29.0. The van der Waals surface area contributed by atoms with E-state index >= 15 is 0 Å². The van der Waals surface area contributed by atoms with Gasteiger partial charge in [-0.2, -0.15) is 0 Å². The molecule has 0 aliphatic carbocycles. The second-order valence-electron chi connectivity index (χ2n) is 18.8. The highest BCUT2D eigenvalue weighted by Crippen LogP contribution is 2.43. The average Bonchev–Trinajstić information content (AvgIpc) is 3.38. The van der Waals surface area contributed by atoms with Crippen molar-refractivity contribution in [3.05, 3.63) is 122 Å². The van der Waals surface area contributed by atoms with E-state index in [1.165, 1.54) is 70.6 Å². The smallest absolute Gasteiger partial charge is 0.462 e. The van der Waals surface area contributed by atoms with Crippen LogP contribution >= 0.6 is 7.82 Å². The van der Waals surface area contributed by atoms with E-state index in [4.69, 9.17) is 24.3 Å². The summed E-state index contributed by atoms with van der Waals surface area (Å²) in [7, 11) is -4.40. The first kappa shape index (κ1) is 69.4. The Labute approximate surface area is 447 Å². The van der Waals surface area contributed by atoms with Gasteiger partial charge < -0.3 is 20.1 Å². The van der Waals surface area contributed by atoms with E-state index in [-0.39, 0.29) is 32.6 Å². The van der Waals surface area contributed by atoms with Crippen molar-refractivity contribution < 1.29 is 37.6 Å². The Morgan fingerprint density at radius 3 is 1.12 bits per heavy atom. The molecule has 0 bridgehead atoms. The minimum absolute atomic E-state index is 0.0451. The number of nitrogens with two attached hydrogens (primary N) is 1. The number of hydrogen-bond acceptors (Lipinski definition) is 8. The molecule has 0 saturated carbocycles. The Kier molecular flexibility index (Phi) is 54.8. The van der Waals surface area contributed by atoms with E-state index in [0.717, 1.165) is 122 Å². The van der Waals surface area contributed by atoms with Crippen LogP contribution in [0.5, 0.6) is 0 Å². The van der Waals surface area contributed by atoms with Gasteiger partial charge in [0, 0.05) is 19.4 Å². The van der Waals surface area contributed by atoms with Crippen molar-refractivity contribution in [1.29, 1.82) is 0 Å². The summed E-state index contributed by atoms with van der Waals surface area (Å²) in [4.78, 5) is 35.2. The van der Waals surface area contributed by atoms with Crippen LogP contribution in [0.4, 0.5) is 0 Å². The van der Waals surface area contributed by atoms with Gasteiger partial charge in [-0.15, -0.1) is 0 Å². The number of phosphoric acid groups is 1. The fourth-order valence-electron chi connectivity index (χ4n) is 7.56. The molecule has 2 unspecified atom stereocenters. The lowest BCUT2D eigenvalue weighted by Gasteiger charge is -2.19. The second kappa shape index (κ2) is 57.7. The number of phosphoric ester groups is 1. The van der Waals surface area contributed by atoms with Gasteiger partial charge in [-0.05, 0) is 109 Å². The van der Waals surface area contributed by atoms with Gasteiger partial charge in [0.2, 0.25) is 0 Å². The molecule has 0 radical (unpaired) electrons. The van der Waals surface area contributed by atoms with Crippen LogP contribution in [0.1, 0.15) is 232 Å². The molecule has 0 amide bonds. The van der Waals surface area contributed by atoms with Gasteiger partial charge in [0.15, 0.2) is 6.10 Å². The van der Waals surface area contributed by atoms with Crippen LogP contribution in [0.25, 0.3) is 0 Å². The molecule has 3 N–H and O–H groups in total. The third kappa shape index (κ3) is 57.5. The zero-order valence-corrected chi connectivity index (χ0v) is 47.2. The molecule has 0 fully saturated rings. The highest BCUT2D eigenvalue weighted by atomic mass is 31.2. The maximum Gasteiger partial charge on any atom is 0.472 e. The van der Waals surface area contributed by atoms with Gasteiger partial charge in [-0.1, -0.05) is 232 Å². The zero-order chi connectivity index (χ0) is 53.1. The normalized spacial score (nSPS) is 14.0. The van der Waals surface area contributed by atoms with Crippen molar-refractivity contribution in [2.24, 2.45) is 5.73 Å². The van der Waals surface area contributed by atoms with Crippen LogP contribution in [0, 0.1) is 0 Å². The van der Waals surface area contributed by atoms with E-state index in [9.17, 15) is 19.0 Å². The summed E-state index contributed by atoms with van der Waals surface area (Å²) >= 11 is 0. The van der Waals surface area contributed by atoms with E-state index in [2.05, 4.69) is 135 Å². The lowest BCUT2D eigenvalue weighted by Crippen LogP contribution is -2.29. The fraction of sp³-hybridized carbons (Fsp3) is 0.651. The molecule has 0 aromatic carbocycles. The number of carbonyl (C=O) groups is 2. The van der Waals surface area contributed by atoms with Crippen LogP contribution in [0.3, 0.4) is 0 Å². The zero-order valence-electron chi connectivity index (χ0n) is 46.3. The van der Waals surface area contributed by atoms with Gasteiger partial charge in [0.25, 0.3) is 0 Å². The summed E-state index contributed by atoms with van der Waals surface area (Å²) in [5.41, 5.74) is 5.38. The van der Waals surface area contributed by atoms with Crippen molar-refractivity contribution in [3.63, 3.8) is 0 Å². The average molecular weight is 1040 g/mol. The lowest BCUT2D eigenvalue weighted by molar-refractivity contribution is -0.161. The highest BCUT2D eigenvalue weighted by molar-refractivity contribution is 7.47. The molecule has 0 aromatic rings. The summed E-state index contributed by atoms with van der Waals surface area (Å²) in [5, 5.41) is 0. The predicted octanol–water partition coefficient (Wildman–Crippen LogP) is 18.4. The van der Waals surface area contributed by atoms with Crippen molar-refractivity contribution in [1.82, 2.24) is 0 Å². The number of esters is 2. The number of carbonyl (C=O) groups excluding carboxylic acids is 2. The summed E-state index contributed by atoms with van der Waals surface area (Å²) < 4.78 is 33.0. The van der Waals surface area contributed by atoms with E-state index in [1.54, 1.807) is 0 Å². The van der Waals surface area contributed by atoms with Crippen LogP contribution < -0.4 is 5.73 Å². The molecule has 9 nitrogen and oxygen atoms in total. The number of hydrogen-bond donors (Lipinski definition) is 2. The van der Waals surface area contributed by atoms with Gasteiger partial charge in [-0.3, -0.25) is 18.6 Å². The molecular weight excluding hydrogens is 930 g/mol. The molecule has 2 atom stereocenters. The number of allylic oxidation sites excluding steroid dienone is 20. The number of ether oxygens (including phenoxy) is 2. The summed E-state index contributed by atoms with van der Waals surface area (Å²) in [6, 6.07) is 0. The SMILES string of the molecule is CC/C=C\C/C=C\C/C=C\C/C=C\C/C=C\C/C=C\C/C=C\CCCCCCCCCCCCCC(=O)OC(COC(=O)CCCCCCCC/C=C\C/C=C\C/C=C\CCCCC)COP(=O)(O)OCCN. The Bertz CT molecular complexity index is 1600. The molecule has 0 rings (SSSR count). The van der Waals surface area contributed by atoms with Crippen LogP contribution in [-0.4, -0.2) is 49.3 Å². The highest BCUT2D eigenvalue weighted by Gasteiger charge is 2.26. The van der Waals surface area contributed by atoms with Crippen molar-refractivity contribution in [2.75, 3.05) is 26.4 Å². The molecule has 0 aliphatic heterocycles. The first-order valence-corrected chi connectivity index (χ1v) is 30.5. The van der Waals surface area contributed by atoms with Gasteiger partial charge >= 0.3 is 19.8 Å². The standard InChI is InChI=1S/C63H106NO8P/c1-3-5-7-9-11-13-15-17-19-21-23-24-25-26-27-28-29-30-31-32-33-34-35-36-38-40-42-44-46-48-50-52-54-56-63(66)72-61(60-71-73(67,68)70-58-57-64)59-69-62(65)55-53-51-49-47-45-43-41-39-37-22-20-18-16-14-12-10-8-6-4-2/h5,7,11-14,17-20,23-24,26-27,29-30,32-33,37,39,61H,3-4,6,8-10,15-16,21-22,25,28,31,34-36,38,40-60,64H2,1-2H3,(H,67,68)/b7-5-,13-11-,14-12-,19-17-,20-18-,24-23-,27-26-,30-29-,33-32-,39-37-. The Morgan fingerprint density at radius 1 is 0.425 bits per heavy atom. The second-order valence-corrected chi connectivity index (χ2v) is 20.2. The Balaban J connectivity index is 4.02. The maximum absolute atomic E-state index is 12.7. The number of unbranched alkanes of at least 4 members (excludes halogenated alkanes) is 20. The molecule has 0 spiro atoms. The molecule has 416 valence electrons. The third-order valence-electron chi connectivity index (χ3n) is 11.8. The minimum Gasteiger partial charge on any atom is -0.462 e. The van der Waals surface area contributed by atoms with E-state index < -0.39 is 32.5 Å². The molecular formula is C63H106NO8P. The van der Waals surface area contributed by atoms with E-state index in [1.807, 2.05) is 0 Å². The Hall–Kier alpha value is -3.59. The molecule has 0 saturated heterocycles. The first-order chi connectivity index (χ1) is 35.8. The molecule has 10 heteroatoms. The Morgan fingerprint density at radius 2 is 0.753 bits per heavy atom. The summed E-state index contributed by atoms with van der Waals surface area (Å²) in [6.07, 6.45) is 79.6. The van der Waals surface area contributed by atoms with Crippen molar-refractivity contribution >= 4 is 19.8 Å². The van der Waals surface area contributed by atoms with Crippen LogP contribution in [-0.2, 0) is 32.7 Å². The lowest BCUT2D eigenvalue weighted by atomic mass is 10.0. The van der Waals surface area contributed by atoms with Crippen molar-refractivity contribution in [2.45, 2.75) is 238 Å². The predicted molar refractivity (Wildman–Crippen MR) is 311 cm³/mol. The largest absolute Gasteiger partial charge is 0.472 e. The van der Waals surface area contributed by atoms with Gasteiger partial charge in [0.05, 0.1) is 13.2 Å². The maximum atomic E-state index is 12.7. The summed E-state index contributed by atoms with van der Waals surface area (Å²) in [6.45, 7) is 3.58. The van der Waals surface area contributed by atoms with Crippen LogP contribution in [0.2, 0.25) is 0 Å².